The Kier molecular flexibility index (Phi) is 3.54. The molecule has 5 nitrogen and oxygen atoms in total. The quantitative estimate of drug-likeness (QED) is 0.719. The third kappa shape index (κ3) is 2.70. The smallest absolute Gasteiger partial charge is 0.225 e. The molecule has 0 radical (unpaired) electrons. The topological polar surface area (TPSA) is 52.0 Å². The number of aliphatic imine (C=N–C) groups is 2. The van der Waals surface area contributed by atoms with Crippen LogP contribution < -0.4 is 10.6 Å². The molecule has 5 heteroatoms. The average Bonchev–Trinajstić information content (AvgIpc) is 2.29. The van der Waals surface area contributed by atoms with E-state index in [1.54, 1.807) is 0 Å². The van der Waals surface area contributed by atoms with Crippen LogP contribution >= 0.6 is 0 Å². The van der Waals surface area contributed by atoms with E-state index in [1.807, 2.05) is 19.0 Å². The van der Waals surface area contributed by atoms with Gasteiger partial charge in [-0.05, 0) is 32.6 Å². The molecule has 0 unspecified atom stereocenters. The SMILES string of the molecule is CCNC1=NC(N(C)C)=NC2(CCCCC2)N1. The van der Waals surface area contributed by atoms with E-state index in [9.17, 15) is 0 Å². The predicted molar refractivity (Wildman–Crippen MR) is 71.2 cm³/mol. The highest BCUT2D eigenvalue weighted by Crippen LogP contribution is 2.30. The highest BCUT2D eigenvalue weighted by atomic mass is 15.4. The molecule has 2 aliphatic rings. The molecule has 0 amide bonds. The van der Waals surface area contributed by atoms with Crippen molar-refractivity contribution in [3.63, 3.8) is 0 Å². The van der Waals surface area contributed by atoms with Crippen LogP contribution in [0.15, 0.2) is 9.98 Å². The van der Waals surface area contributed by atoms with Gasteiger partial charge in [-0.25, -0.2) is 4.99 Å². The van der Waals surface area contributed by atoms with Crippen LogP contribution in [0.2, 0.25) is 0 Å². The van der Waals surface area contributed by atoms with Gasteiger partial charge in [0, 0.05) is 20.6 Å². The van der Waals surface area contributed by atoms with Crippen molar-refractivity contribution < 1.29 is 0 Å². The molecule has 2 rings (SSSR count). The molecule has 17 heavy (non-hydrogen) atoms. The minimum Gasteiger partial charge on any atom is -0.356 e. The van der Waals surface area contributed by atoms with Crippen molar-refractivity contribution in [2.75, 3.05) is 20.6 Å². The fourth-order valence-electron chi connectivity index (χ4n) is 2.42. The van der Waals surface area contributed by atoms with Crippen molar-refractivity contribution in [2.45, 2.75) is 44.7 Å². The summed E-state index contributed by atoms with van der Waals surface area (Å²) in [7, 11) is 3.99. The molecule has 1 heterocycles. The minimum absolute atomic E-state index is 0.114. The zero-order chi connectivity index (χ0) is 12.3. The summed E-state index contributed by atoms with van der Waals surface area (Å²) in [6.45, 7) is 2.96. The van der Waals surface area contributed by atoms with Gasteiger partial charge in [0.15, 0.2) is 0 Å². The lowest BCUT2D eigenvalue weighted by atomic mass is 9.89. The number of nitrogens with one attached hydrogen (secondary N) is 2. The number of guanidine groups is 2. The van der Waals surface area contributed by atoms with Crippen LogP contribution in [0.3, 0.4) is 0 Å². The minimum atomic E-state index is -0.114. The van der Waals surface area contributed by atoms with E-state index < -0.39 is 0 Å². The van der Waals surface area contributed by atoms with Crippen LogP contribution in [0.25, 0.3) is 0 Å². The van der Waals surface area contributed by atoms with Crippen LogP contribution in [0.5, 0.6) is 0 Å². The molecule has 0 aromatic heterocycles. The summed E-state index contributed by atoms with van der Waals surface area (Å²) in [5.74, 6) is 1.69. The van der Waals surface area contributed by atoms with Crippen molar-refractivity contribution in [2.24, 2.45) is 9.98 Å². The highest BCUT2D eigenvalue weighted by molar-refractivity contribution is 5.97. The lowest BCUT2D eigenvalue weighted by Gasteiger charge is -2.39. The van der Waals surface area contributed by atoms with Crippen LogP contribution in [-0.2, 0) is 0 Å². The van der Waals surface area contributed by atoms with E-state index in [0.29, 0.717) is 0 Å². The summed E-state index contributed by atoms with van der Waals surface area (Å²) < 4.78 is 0. The Labute approximate surface area is 103 Å². The lowest BCUT2D eigenvalue weighted by Crippen LogP contribution is -2.56. The monoisotopic (exact) mass is 237 g/mol. The summed E-state index contributed by atoms with van der Waals surface area (Å²) in [6.07, 6.45) is 6.03. The van der Waals surface area contributed by atoms with Gasteiger partial charge >= 0.3 is 0 Å². The molecule has 1 saturated carbocycles. The van der Waals surface area contributed by atoms with Gasteiger partial charge in [-0.3, -0.25) is 0 Å². The predicted octanol–water partition coefficient (Wildman–Crippen LogP) is 1.13. The lowest BCUT2D eigenvalue weighted by molar-refractivity contribution is 0.268. The summed E-state index contributed by atoms with van der Waals surface area (Å²) in [5, 5.41) is 6.75. The van der Waals surface area contributed by atoms with Crippen LogP contribution in [0.1, 0.15) is 39.0 Å². The molecule has 96 valence electrons. The van der Waals surface area contributed by atoms with Gasteiger partial charge in [0.05, 0.1) is 0 Å². The molecular weight excluding hydrogens is 214 g/mol. The molecule has 0 aromatic rings. The van der Waals surface area contributed by atoms with Gasteiger partial charge < -0.3 is 15.5 Å². The Bertz CT molecular complexity index is 326. The number of hydrogen-bond acceptors (Lipinski definition) is 5. The maximum atomic E-state index is 4.81. The molecule has 0 saturated heterocycles. The summed E-state index contributed by atoms with van der Waals surface area (Å²) >= 11 is 0. The van der Waals surface area contributed by atoms with E-state index in [1.165, 1.54) is 19.3 Å². The van der Waals surface area contributed by atoms with Gasteiger partial charge in [0.2, 0.25) is 11.9 Å². The Balaban J connectivity index is 2.22. The molecule has 0 bridgehead atoms. The maximum Gasteiger partial charge on any atom is 0.225 e. The van der Waals surface area contributed by atoms with Crippen molar-refractivity contribution in [3.05, 3.63) is 0 Å². The van der Waals surface area contributed by atoms with Crippen molar-refractivity contribution in [3.8, 4) is 0 Å². The third-order valence-electron chi connectivity index (χ3n) is 3.30. The number of nitrogens with zero attached hydrogens (tertiary/aromatic N) is 3. The van der Waals surface area contributed by atoms with Crippen LogP contribution in [0, 0.1) is 0 Å². The van der Waals surface area contributed by atoms with Gasteiger partial charge in [0.25, 0.3) is 0 Å². The highest BCUT2D eigenvalue weighted by Gasteiger charge is 2.35. The molecule has 0 aromatic carbocycles. The largest absolute Gasteiger partial charge is 0.356 e. The fourth-order valence-corrected chi connectivity index (χ4v) is 2.42. The molecule has 1 fully saturated rings. The fraction of sp³-hybridized carbons (Fsp3) is 0.833. The summed E-state index contributed by atoms with van der Waals surface area (Å²) in [6, 6.07) is 0. The number of rotatable bonds is 1. The molecule has 1 aliphatic carbocycles. The zero-order valence-corrected chi connectivity index (χ0v) is 11.1. The number of hydrogen-bond donors (Lipinski definition) is 2. The van der Waals surface area contributed by atoms with E-state index in [2.05, 4.69) is 22.5 Å². The first-order valence-corrected chi connectivity index (χ1v) is 6.53. The van der Waals surface area contributed by atoms with Crippen LogP contribution in [0.4, 0.5) is 0 Å². The molecule has 1 aliphatic heterocycles. The van der Waals surface area contributed by atoms with Crippen molar-refractivity contribution >= 4 is 11.9 Å². The van der Waals surface area contributed by atoms with Gasteiger partial charge in [0.1, 0.15) is 5.66 Å². The summed E-state index contributed by atoms with van der Waals surface area (Å²) in [4.78, 5) is 11.3. The zero-order valence-electron chi connectivity index (χ0n) is 11.1. The second kappa shape index (κ2) is 4.94. The first kappa shape index (κ1) is 12.2. The van der Waals surface area contributed by atoms with Gasteiger partial charge in [-0.15, -0.1) is 0 Å². The average molecular weight is 237 g/mol. The van der Waals surface area contributed by atoms with Crippen molar-refractivity contribution in [1.82, 2.24) is 15.5 Å². The molecule has 0 atom stereocenters. The van der Waals surface area contributed by atoms with E-state index >= 15 is 0 Å². The van der Waals surface area contributed by atoms with Gasteiger partial charge in [-0.1, -0.05) is 6.42 Å². The first-order chi connectivity index (χ1) is 8.15. The molecule has 1 spiro atoms. The van der Waals surface area contributed by atoms with Crippen LogP contribution in [-0.4, -0.2) is 43.1 Å². The van der Waals surface area contributed by atoms with E-state index in [-0.39, 0.29) is 5.66 Å². The van der Waals surface area contributed by atoms with E-state index in [4.69, 9.17) is 4.99 Å². The Morgan fingerprint density at radius 2 is 2.00 bits per heavy atom. The summed E-state index contributed by atoms with van der Waals surface area (Å²) in [5.41, 5.74) is -0.114. The first-order valence-electron chi connectivity index (χ1n) is 6.53. The molecular formula is C12H23N5. The van der Waals surface area contributed by atoms with E-state index in [0.717, 1.165) is 31.3 Å². The normalized spacial score (nSPS) is 22.5. The Morgan fingerprint density at radius 1 is 1.29 bits per heavy atom. The maximum absolute atomic E-state index is 4.81. The third-order valence-corrected chi connectivity index (χ3v) is 3.30. The standard InChI is InChI=1S/C12H23N5/c1-4-13-10-14-11(17(2)3)16-12(15-10)8-6-5-7-9-12/h4-9H2,1-3H3,(H2,13,14,15,16). The second-order valence-electron chi connectivity index (χ2n) is 5.01. The van der Waals surface area contributed by atoms with Gasteiger partial charge in [-0.2, -0.15) is 4.99 Å². The molecule has 2 N–H and O–H groups in total. The van der Waals surface area contributed by atoms with Crippen molar-refractivity contribution in [1.29, 1.82) is 0 Å². The Hall–Kier alpha value is -1.26. The Morgan fingerprint density at radius 3 is 2.59 bits per heavy atom. The second-order valence-corrected chi connectivity index (χ2v) is 5.01.